The Morgan fingerprint density at radius 1 is 1.50 bits per heavy atom. The lowest BCUT2D eigenvalue weighted by Gasteiger charge is -2.18. The number of carboxylic acids is 1. The summed E-state index contributed by atoms with van der Waals surface area (Å²) >= 11 is 3.62. The first kappa shape index (κ1) is 13.6. The largest absolute Gasteiger partial charge is 0.481 e. The lowest BCUT2D eigenvalue weighted by molar-refractivity contribution is -0.147. The van der Waals surface area contributed by atoms with Gasteiger partial charge in [-0.3, -0.25) is 4.79 Å². The van der Waals surface area contributed by atoms with E-state index in [1.807, 2.05) is 11.8 Å². The minimum absolute atomic E-state index is 0.576. The van der Waals surface area contributed by atoms with Crippen LogP contribution in [0.1, 0.15) is 33.1 Å². The zero-order chi connectivity index (χ0) is 12.0. The Bertz CT molecular complexity index is 318. The molecule has 0 saturated carbocycles. The minimum atomic E-state index is -0.696. The van der Waals surface area contributed by atoms with Gasteiger partial charge < -0.3 is 5.11 Å². The number of hydrogen-bond donors (Lipinski definition) is 1. The number of carboxylic acid groups (broad SMARTS) is 1. The Labute approximate surface area is 105 Å². The van der Waals surface area contributed by atoms with Gasteiger partial charge in [-0.15, -0.1) is 23.1 Å². The first-order valence-corrected chi connectivity index (χ1v) is 7.28. The summed E-state index contributed by atoms with van der Waals surface area (Å²) in [5.74, 6) is 0.384. The highest BCUT2D eigenvalue weighted by atomic mass is 32.2. The minimum Gasteiger partial charge on any atom is -0.481 e. The zero-order valence-electron chi connectivity index (χ0n) is 9.73. The van der Waals surface area contributed by atoms with Gasteiger partial charge in [-0.1, -0.05) is 12.5 Å². The number of rotatable bonds is 7. The molecule has 1 aromatic rings. The van der Waals surface area contributed by atoms with Crippen LogP contribution in [-0.4, -0.2) is 16.8 Å². The van der Waals surface area contributed by atoms with Crippen LogP contribution in [0.3, 0.4) is 0 Å². The zero-order valence-corrected chi connectivity index (χ0v) is 11.4. The number of hydrogen-bond acceptors (Lipinski definition) is 3. The van der Waals surface area contributed by atoms with E-state index in [0.29, 0.717) is 0 Å². The molecule has 0 aromatic carbocycles. The Hall–Kier alpha value is -0.480. The number of thioether (sulfide) groups is 1. The van der Waals surface area contributed by atoms with E-state index in [-0.39, 0.29) is 0 Å². The van der Waals surface area contributed by atoms with E-state index in [1.165, 1.54) is 4.21 Å². The summed E-state index contributed by atoms with van der Waals surface area (Å²) < 4.78 is 1.34. The second-order valence-corrected chi connectivity index (χ2v) is 6.77. The van der Waals surface area contributed by atoms with Crippen LogP contribution in [0.25, 0.3) is 0 Å². The van der Waals surface area contributed by atoms with Crippen molar-refractivity contribution in [1.82, 2.24) is 0 Å². The molecule has 0 radical (unpaired) electrons. The van der Waals surface area contributed by atoms with Crippen molar-refractivity contribution in [3.8, 4) is 0 Å². The SMILES string of the molecule is CC(C)(CCCCSc1cccs1)C(=O)O. The molecule has 90 valence electrons. The summed E-state index contributed by atoms with van der Waals surface area (Å²) in [4.78, 5) is 10.9. The molecule has 1 aromatic heterocycles. The molecule has 0 aliphatic rings. The van der Waals surface area contributed by atoms with Crippen molar-refractivity contribution in [3.63, 3.8) is 0 Å². The van der Waals surface area contributed by atoms with E-state index in [9.17, 15) is 4.79 Å². The van der Waals surface area contributed by atoms with Gasteiger partial charge in [0, 0.05) is 0 Å². The lowest BCUT2D eigenvalue weighted by atomic mass is 9.88. The molecule has 1 rings (SSSR count). The molecule has 0 spiro atoms. The van der Waals surface area contributed by atoms with E-state index in [1.54, 1.807) is 25.2 Å². The average molecular weight is 258 g/mol. The third-order valence-electron chi connectivity index (χ3n) is 2.51. The Morgan fingerprint density at radius 3 is 2.81 bits per heavy atom. The van der Waals surface area contributed by atoms with Crippen LogP contribution < -0.4 is 0 Å². The van der Waals surface area contributed by atoms with Crippen molar-refractivity contribution in [2.45, 2.75) is 37.3 Å². The predicted molar refractivity (Wildman–Crippen MR) is 70.3 cm³/mol. The summed E-state index contributed by atoms with van der Waals surface area (Å²) in [6.45, 7) is 3.59. The first-order valence-electron chi connectivity index (χ1n) is 5.42. The van der Waals surface area contributed by atoms with Crippen molar-refractivity contribution in [2.24, 2.45) is 5.41 Å². The van der Waals surface area contributed by atoms with E-state index < -0.39 is 11.4 Å². The molecule has 0 unspecified atom stereocenters. The van der Waals surface area contributed by atoms with E-state index >= 15 is 0 Å². The number of carbonyl (C=O) groups is 1. The van der Waals surface area contributed by atoms with Crippen LogP contribution in [0.4, 0.5) is 0 Å². The number of unbranched alkanes of at least 4 members (excludes halogenated alkanes) is 1. The molecule has 0 saturated heterocycles. The molecule has 0 bridgehead atoms. The monoisotopic (exact) mass is 258 g/mol. The van der Waals surface area contributed by atoms with E-state index in [4.69, 9.17) is 5.11 Å². The second-order valence-electron chi connectivity index (χ2n) is 4.43. The normalized spacial score (nSPS) is 11.6. The maximum Gasteiger partial charge on any atom is 0.309 e. The van der Waals surface area contributed by atoms with Crippen LogP contribution in [0.5, 0.6) is 0 Å². The van der Waals surface area contributed by atoms with Crippen LogP contribution >= 0.6 is 23.1 Å². The standard InChI is InChI=1S/C12H18O2S2/c1-12(2,11(13)14)7-3-4-8-15-10-6-5-9-16-10/h5-6,9H,3-4,7-8H2,1-2H3,(H,13,14). The van der Waals surface area contributed by atoms with Crippen molar-refractivity contribution in [1.29, 1.82) is 0 Å². The molecule has 0 aliphatic carbocycles. The summed E-state index contributed by atoms with van der Waals surface area (Å²) in [6.07, 6.45) is 2.82. The van der Waals surface area contributed by atoms with Gasteiger partial charge in [-0.05, 0) is 43.9 Å². The van der Waals surface area contributed by atoms with Gasteiger partial charge in [0.2, 0.25) is 0 Å². The molecule has 0 fully saturated rings. The van der Waals surface area contributed by atoms with E-state index in [2.05, 4.69) is 17.5 Å². The quantitative estimate of drug-likeness (QED) is 0.590. The second kappa shape index (κ2) is 6.30. The molecule has 4 heteroatoms. The Balaban J connectivity index is 2.10. The lowest BCUT2D eigenvalue weighted by Crippen LogP contribution is -2.23. The van der Waals surface area contributed by atoms with Crippen molar-refractivity contribution in [2.75, 3.05) is 5.75 Å². The fourth-order valence-electron chi connectivity index (χ4n) is 1.29. The molecule has 16 heavy (non-hydrogen) atoms. The smallest absolute Gasteiger partial charge is 0.309 e. The predicted octanol–water partition coefficient (Wildman–Crippen LogP) is 4.12. The highest BCUT2D eigenvalue weighted by Crippen LogP contribution is 2.27. The Morgan fingerprint density at radius 2 is 2.25 bits per heavy atom. The molecular weight excluding hydrogens is 240 g/mol. The number of thiophene rings is 1. The van der Waals surface area contributed by atoms with Crippen molar-refractivity contribution >= 4 is 29.1 Å². The molecule has 0 atom stereocenters. The molecule has 0 amide bonds. The highest BCUT2D eigenvalue weighted by molar-refractivity contribution is 8.01. The highest BCUT2D eigenvalue weighted by Gasteiger charge is 2.25. The topological polar surface area (TPSA) is 37.3 Å². The average Bonchev–Trinajstić information content (AvgIpc) is 2.69. The van der Waals surface area contributed by atoms with Gasteiger partial charge in [-0.25, -0.2) is 0 Å². The summed E-state index contributed by atoms with van der Waals surface area (Å²) in [5.41, 5.74) is -0.576. The summed E-state index contributed by atoms with van der Waals surface area (Å²) in [6, 6.07) is 4.18. The summed E-state index contributed by atoms with van der Waals surface area (Å²) in [7, 11) is 0. The van der Waals surface area contributed by atoms with Crippen LogP contribution in [-0.2, 0) is 4.79 Å². The maximum atomic E-state index is 10.9. The van der Waals surface area contributed by atoms with Gasteiger partial charge in [0.1, 0.15) is 0 Å². The molecule has 0 aliphatic heterocycles. The van der Waals surface area contributed by atoms with Gasteiger partial charge in [-0.2, -0.15) is 0 Å². The van der Waals surface area contributed by atoms with Gasteiger partial charge in [0.25, 0.3) is 0 Å². The fraction of sp³-hybridized carbons (Fsp3) is 0.583. The molecule has 1 N–H and O–H groups in total. The Kier molecular flexibility index (Phi) is 5.35. The van der Waals surface area contributed by atoms with Crippen LogP contribution in [0, 0.1) is 5.41 Å². The fourth-order valence-corrected chi connectivity index (χ4v) is 3.16. The van der Waals surface area contributed by atoms with Crippen molar-refractivity contribution < 1.29 is 9.90 Å². The first-order chi connectivity index (χ1) is 7.52. The van der Waals surface area contributed by atoms with Crippen LogP contribution in [0.2, 0.25) is 0 Å². The molecular formula is C12H18O2S2. The van der Waals surface area contributed by atoms with Gasteiger partial charge >= 0.3 is 5.97 Å². The van der Waals surface area contributed by atoms with Gasteiger partial charge in [0.05, 0.1) is 9.62 Å². The number of aliphatic carboxylic acids is 1. The molecule has 2 nitrogen and oxygen atoms in total. The van der Waals surface area contributed by atoms with Gasteiger partial charge in [0.15, 0.2) is 0 Å². The van der Waals surface area contributed by atoms with Crippen LogP contribution in [0.15, 0.2) is 21.7 Å². The third-order valence-corrected chi connectivity index (χ3v) is 4.73. The summed E-state index contributed by atoms with van der Waals surface area (Å²) in [5, 5.41) is 11.0. The van der Waals surface area contributed by atoms with E-state index in [0.717, 1.165) is 25.0 Å². The third kappa shape index (κ3) is 4.58. The maximum absolute atomic E-state index is 10.9. The van der Waals surface area contributed by atoms with Crippen molar-refractivity contribution in [3.05, 3.63) is 17.5 Å². The molecule has 1 heterocycles.